The zero-order chi connectivity index (χ0) is 17.3. The zero-order valence-electron chi connectivity index (χ0n) is 13.7. The van der Waals surface area contributed by atoms with E-state index in [2.05, 4.69) is 5.32 Å². The van der Waals surface area contributed by atoms with Crippen molar-refractivity contribution >= 4 is 21.6 Å². The third-order valence-electron chi connectivity index (χ3n) is 4.11. The van der Waals surface area contributed by atoms with Crippen molar-refractivity contribution in [1.29, 1.82) is 0 Å². The first-order valence-electron chi connectivity index (χ1n) is 7.83. The highest BCUT2D eigenvalue weighted by Crippen LogP contribution is 2.38. The van der Waals surface area contributed by atoms with Crippen molar-refractivity contribution in [2.24, 2.45) is 0 Å². The van der Waals surface area contributed by atoms with Crippen molar-refractivity contribution < 1.29 is 17.6 Å². The Hall–Kier alpha value is -2.12. The number of carbonyl (C=O) groups excluding carboxylic acids is 1. The van der Waals surface area contributed by atoms with Gasteiger partial charge >= 0.3 is 0 Å². The van der Waals surface area contributed by atoms with Gasteiger partial charge < -0.3 is 9.73 Å². The van der Waals surface area contributed by atoms with E-state index in [1.54, 1.807) is 36.6 Å². The summed E-state index contributed by atoms with van der Waals surface area (Å²) in [5, 5.41) is 2.61. The van der Waals surface area contributed by atoms with E-state index in [4.69, 9.17) is 4.42 Å². The van der Waals surface area contributed by atoms with Crippen molar-refractivity contribution in [2.45, 2.75) is 37.6 Å². The van der Waals surface area contributed by atoms with E-state index >= 15 is 0 Å². The van der Waals surface area contributed by atoms with Crippen LogP contribution in [0.4, 0.5) is 5.69 Å². The molecule has 3 rings (SSSR count). The first kappa shape index (κ1) is 16.7. The molecule has 1 atom stereocenters. The monoisotopic (exact) mass is 348 g/mol. The average molecular weight is 348 g/mol. The first-order valence-corrected chi connectivity index (χ1v) is 9.27. The lowest BCUT2D eigenvalue weighted by Gasteiger charge is -2.24. The molecule has 128 valence electrons. The molecule has 1 aromatic carbocycles. The topological polar surface area (TPSA) is 79.6 Å². The summed E-state index contributed by atoms with van der Waals surface area (Å²) in [7, 11) is -3.75. The lowest BCUT2D eigenvalue weighted by molar-refractivity contribution is -0.114. The highest BCUT2D eigenvalue weighted by atomic mass is 32.2. The molecule has 0 radical (unpaired) electrons. The summed E-state index contributed by atoms with van der Waals surface area (Å²) in [5.41, 5.74) is 1.12. The van der Waals surface area contributed by atoms with E-state index in [1.165, 1.54) is 11.2 Å². The molecule has 1 aromatic heterocycles. The Morgan fingerprint density at radius 3 is 2.79 bits per heavy atom. The van der Waals surface area contributed by atoms with Crippen LogP contribution in [0.2, 0.25) is 0 Å². The van der Waals surface area contributed by atoms with Crippen molar-refractivity contribution in [2.75, 3.05) is 11.9 Å². The van der Waals surface area contributed by atoms with Crippen LogP contribution in [0.25, 0.3) is 0 Å². The van der Waals surface area contributed by atoms with Gasteiger partial charge in [-0.25, -0.2) is 8.42 Å². The number of furan rings is 1. The fourth-order valence-corrected chi connectivity index (χ4v) is 4.95. The molecule has 0 bridgehead atoms. The Morgan fingerprint density at radius 2 is 2.12 bits per heavy atom. The number of aryl methyl sites for hydroxylation is 1. The fraction of sp³-hybridized carbons (Fsp3) is 0.353. The molecule has 1 unspecified atom stereocenters. The zero-order valence-corrected chi connectivity index (χ0v) is 14.5. The van der Waals surface area contributed by atoms with E-state index in [9.17, 15) is 13.2 Å². The van der Waals surface area contributed by atoms with Crippen LogP contribution in [0, 0.1) is 6.92 Å². The summed E-state index contributed by atoms with van der Waals surface area (Å²) in [5.74, 6) is 0.337. The maximum absolute atomic E-state index is 13.2. The maximum Gasteiger partial charge on any atom is 0.245 e. The molecule has 1 amide bonds. The Kier molecular flexibility index (Phi) is 4.47. The third kappa shape index (κ3) is 3.09. The largest absolute Gasteiger partial charge is 0.468 e. The molecule has 0 aliphatic carbocycles. The fourth-order valence-electron chi connectivity index (χ4n) is 3.06. The van der Waals surface area contributed by atoms with Crippen LogP contribution in [0.5, 0.6) is 0 Å². The molecule has 2 aromatic rings. The van der Waals surface area contributed by atoms with Gasteiger partial charge in [-0.3, -0.25) is 4.79 Å². The normalized spacial score (nSPS) is 18.7. The number of sulfonamides is 1. The SMILES string of the molecule is CC(=O)Nc1ccc(C)cc1S(=O)(=O)N1CCCC1c1ccco1. The van der Waals surface area contributed by atoms with Gasteiger partial charge in [-0.05, 0) is 49.6 Å². The van der Waals surface area contributed by atoms with Gasteiger partial charge in [0.1, 0.15) is 10.7 Å². The van der Waals surface area contributed by atoms with E-state index in [0.29, 0.717) is 24.4 Å². The molecule has 1 N–H and O–H groups in total. The molecule has 0 saturated carbocycles. The van der Waals surface area contributed by atoms with Crippen molar-refractivity contribution in [3.8, 4) is 0 Å². The Balaban J connectivity index is 2.04. The van der Waals surface area contributed by atoms with E-state index in [-0.39, 0.29) is 16.8 Å². The predicted molar refractivity (Wildman–Crippen MR) is 90.1 cm³/mol. The van der Waals surface area contributed by atoms with Gasteiger partial charge in [0.15, 0.2) is 0 Å². The number of benzene rings is 1. The van der Waals surface area contributed by atoms with Crippen LogP contribution in [-0.4, -0.2) is 25.2 Å². The smallest absolute Gasteiger partial charge is 0.245 e. The van der Waals surface area contributed by atoms with E-state index in [0.717, 1.165) is 12.0 Å². The number of rotatable bonds is 4. The molecule has 7 heteroatoms. The third-order valence-corrected chi connectivity index (χ3v) is 6.06. The first-order chi connectivity index (χ1) is 11.4. The number of hydrogen-bond donors (Lipinski definition) is 1. The molecule has 2 heterocycles. The minimum Gasteiger partial charge on any atom is -0.468 e. The summed E-state index contributed by atoms with van der Waals surface area (Å²) in [6, 6.07) is 8.24. The number of carbonyl (C=O) groups is 1. The van der Waals surface area contributed by atoms with Gasteiger partial charge in [0, 0.05) is 13.5 Å². The summed E-state index contributed by atoms with van der Waals surface area (Å²) in [6.07, 6.45) is 3.04. The minimum absolute atomic E-state index is 0.121. The van der Waals surface area contributed by atoms with Crippen molar-refractivity contribution in [1.82, 2.24) is 4.31 Å². The van der Waals surface area contributed by atoms with Gasteiger partial charge in [-0.15, -0.1) is 0 Å². The lowest BCUT2D eigenvalue weighted by Crippen LogP contribution is -2.31. The van der Waals surface area contributed by atoms with Gasteiger partial charge in [0.2, 0.25) is 15.9 Å². The predicted octanol–water partition coefficient (Wildman–Crippen LogP) is 3.07. The molecule has 1 aliphatic heterocycles. The standard InChI is InChI=1S/C17H20N2O4S/c1-12-7-8-14(18-13(2)20)17(11-12)24(21,22)19-9-3-5-15(19)16-6-4-10-23-16/h4,6-8,10-11,15H,3,5,9H2,1-2H3,(H,18,20). The second-order valence-electron chi connectivity index (χ2n) is 5.97. The quantitative estimate of drug-likeness (QED) is 0.921. The number of nitrogens with one attached hydrogen (secondary N) is 1. The van der Waals surface area contributed by atoms with Crippen molar-refractivity contribution in [3.05, 3.63) is 47.9 Å². The van der Waals surface area contributed by atoms with Crippen LogP contribution in [0.15, 0.2) is 45.9 Å². The van der Waals surface area contributed by atoms with Gasteiger partial charge in [0.05, 0.1) is 18.0 Å². The second kappa shape index (κ2) is 6.41. The minimum atomic E-state index is -3.75. The molecular weight excluding hydrogens is 328 g/mol. The van der Waals surface area contributed by atoms with Gasteiger partial charge in [-0.1, -0.05) is 6.07 Å². The van der Waals surface area contributed by atoms with Crippen LogP contribution in [0.3, 0.4) is 0 Å². The summed E-state index contributed by atoms with van der Waals surface area (Å²) >= 11 is 0. The van der Waals surface area contributed by atoms with Crippen molar-refractivity contribution in [3.63, 3.8) is 0 Å². The van der Waals surface area contributed by atoms with Crippen LogP contribution >= 0.6 is 0 Å². The number of anilines is 1. The number of nitrogens with zero attached hydrogens (tertiary/aromatic N) is 1. The van der Waals surface area contributed by atoms with Gasteiger partial charge in [0.25, 0.3) is 0 Å². The molecule has 6 nitrogen and oxygen atoms in total. The molecule has 0 spiro atoms. The Morgan fingerprint density at radius 1 is 1.33 bits per heavy atom. The van der Waals surface area contributed by atoms with Gasteiger partial charge in [-0.2, -0.15) is 4.31 Å². The molecule has 24 heavy (non-hydrogen) atoms. The molecule has 1 fully saturated rings. The highest BCUT2D eigenvalue weighted by Gasteiger charge is 2.38. The van der Waals surface area contributed by atoms with Crippen LogP contribution < -0.4 is 5.32 Å². The summed E-state index contributed by atoms with van der Waals surface area (Å²) in [6.45, 7) is 3.61. The van der Waals surface area contributed by atoms with E-state index < -0.39 is 10.0 Å². The number of hydrogen-bond acceptors (Lipinski definition) is 4. The number of amides is 1. The Labute approximate surface area is 141 Å². The van der Waals surface area contributed by atoms with Crippen LogP contribution in [-0.2, 0) is 14.8 Å². The lowest BCUT2D eigenvalue weighted by atomic mass is 10.2. The van der Waals surface area contributed by atoms with Crippen LogP contribution in [0.1, 0.15) is 37.1 Å². The Bertz CT molecular complexity index is 843. The molecule has 1 aliphatic rings. The maximum atomic E-state index is 13.2. The summed E-state index contributed by atoms with van der Waals surface area (Å²) < 4.78 is 33.3. The van der Waals surface area contributed by atoms with E-state index in [1.807, 2.05) is 6.92 Å². The summed E-state index contributed by atoms with van der Waals surface area (Å²) in [4.78, 5) is 11.5. The average Bonchev–Trinajstić information content (AvgIpc) is 3.18. The molecular formula is C17H20N2O4S. The second-order valence-corrected chi connectivity index (χ2v) is 7.83. The molecule has 1 saturated heterocycles. The highest BCUT2D eigenvalue weighted by molar-refractivity contribution is 7.89.